The Hall–Kier alpha value is -4.54. The number of carbonyl (C=O) groups excluding carboxylic acids is 2. The molecule has 0 unspecified atom stereocenters. The molecule has 11 nitrogen and oxygen atoms in total. The highest BCUT2D eigenvalue weighted by Gasteiger charge is 2.26. The Balaban J connectivity index is 1.94. The standard InChI is InChI=1S/C25H27N3O8/c1-5-27-23(30)19(22(26)28(25(27)32)13-15-9-7-6-8-10-15)17(29)14-36-24(31)16-11-12-18(33-2)21(35-4)20(16)34-3/h6-12H,5,13-14,26H2,1-4H3. The lowest BCUT2D eigenvalue weighted by atomic mass is 10.1. The largest absolute Gasteiger partial charge is 0.493 e. The first-order valence-corrected chi connectivity index (χ1v) is 10.9. The maximum atomic E-state index is 13.0. The molecule has 0 saturated carbocycles. The molecular formula is C25H27N3O8. The van der Waals surface area contributed by atoms with Crippen molar-refractivity contribution in [2.24, 2.45) is 0 Å². The molecule has 0 aliphatic carbocycles. The van der Waals surface area contributed by atoms with E-state index in [0.29, 0.717) is 5.75 Å². The van der Waals surface area contributed by atoms with Gasteiger partial charge in [0.1, 0.15) is 16.9 Å². The first kappa shape index (κ1) is 26.1. The van der Waals surface area contributed by atoms with E-state index in [9.17, 15) is 19.2 Å². The molecular weight excluding hydrogens is 470 g/mol. The minimum atomic E-state index is -0.895. The highest BCUT2D eigenvalue weighted by Crippen LogP contribution is 2.39. The van der Waals surface area contributed by atoms with E-state index < -0.39 is 35.2 Å². The van der Waals surface area contributed by atoms with Crippen LogP contribution in [0.2, 0.25) is 0 Å². The average molecular weight is 498 g/mol. The van der Waals surface area contributed by atoms with Crippen molar-refractivity contribution in [3.63, 3.8) is 0 Å². The van der Waals surface area contributed by atoms with Crippen LogP contribution in [-0.2, 0) is 17.8 Å². The van der Waals surface area contributed by atoms with Gasteiger partial charge >= 0.3 is 11.7 Å². The Bertz CT molecular complexity index is 1390. The van der Waals surface area contributed by atoms with Gasteiger partial charge in [-0.25, -0.2) is 9.59 Å². The van der Waals surface area contributed by atoms with Crippen molar-refractivity contribution in [2.45, 2.75) is 20.0 Å². The molecule has 190 valence electrons. The first-order chi connectivity index (χ1) is 17.3. The number of esters is 1. The number of hydrogen-bond donors (Lipinski definition) is 1. The molecule has 0 aliphatic rings. The topological polar surface area (TPSA) is 141 Å². The fourth-order valence-electron chi connectivity index (χ4n) is 3.72. The number of nitrogens with two attached hydrogens (primary N) is 1. The van der Waals surface area contributed by atoms with Gasteiger partial charge < -0.3 is 24.7 Å². The molecule has 0 radical (unpaired) electrons. The van der Waals surface area contributed by atoms with Crippen molar-refractivity contribution in [3.05, 3.63) is 80.0 Å². The van der Waals surface area contributed by atoms with Crippen LogP contribution in [-0.4, -0.2) is 48.8 Å². The zero-order valence-electron chi connectivity index (χ0n) is 20.4. The van der Waals surface area contributed by atoms with Crippen LogP contribution in [0, 0.1) is 0 Å². The molecule has 3 aromatic rings. The summed E-state index contributed by atoms with van der Waals surface area (Å²) < 4.78 is 23.0. The van der Waals surface area contributed by atoms with Gasteiger partial charge in [0.25, 0.3) is 5.56 Å². The number of aromatic nitrogens is 2. The predicted octanol–water partition coefficient (Wildman–Crippen LogP) is 1.73. The Morgan fingerprint density at radius 3 is 2.14 bits per heavy atom. The van der Waals surface area contributed by atoms with Crippen LogP contribution in [0.3, 0.4) is 0 Å². The summed E-state index contributed by atoms with van der Waals surface area (Å²) in [5.74, 6) is -1.50. The third kappa shape index (κ3) is 4.95. The van der Waals surface area contributed by atoms with Gasteiger partial charge in [0.15, 0.2) is 18.1 Å². The zero-order valence-corrected chi connectivity index (χ0v) is 20.4. The lowest BCUT2D eigenvalue weighted by Crippen LogP contribution is -2.44. The minimum absolute atomic E-state index is 0.0176. The number of rotatable bonds is 10. The second kappa shape index (κ2) is 11.3. The molecule has 1 aromatic heterocycles. The summed E-state index contributed by atoms with van der Waals surface area (Å²) in [4.78, 5) is 51.6. The highest BCUT2D eigenvalue weighted by atomic mass is 16.5. The molecule has 0 saturated heterocycles. The summed E-state index contributed by atoms with van der Waals surface area (Å²) in [7, 11) is 4.15. The van der Waals surface area contributed by atoms with Crippen LogP contribution in [0.4, 0.5) is 5.82 Å². The molecule has 0 amide bonds. The Kier molecular flexibility index (Phi) is 8.15. The fourth-order valence-corrected chi connectivity index (χ4v) is 3.72. The Morgan fingerprint density at radius 2 is 1.56 bits per heavy atom. The number of methoxy groups -OCH3 is 3. The summed E-state index contributed by atoms with van der Waals surface area (Å²) in [5.41, 5.74) is 4.93. The molecule has 0 spiro atoms. The molecule has 0 bridgehead atoms. The maximum Gasteiger partial charge on any atom is 0.342 e. The van der Waals surface area contributed by atoms with Crippen molar-refractivity contribution in [2.75, 3.05) is 33.7 Å². The number of nitrogens with zero attached hydrogens (tertiary/aromatic N) is 2. The summed E-state index contributed by atoms with van der Waals surface area (Å²) in [6.45, 7) is 0.886. The van der Waals surface area contributed by atoms with Crippen LogP contribution in [0.1, 0.15) is 33.2 Å². The van der Waals surface area contributed by atoms with E-state index in [1.807, 2.05) is 6.07 Å². The van der Waals surface area contributed by atoms with Gasteiger partial charge in [-0.05, 0) is 24.6 Å². The normalized spacial score (nSPS) is 10.6. The van der Waals surface area contributed by atoms with E-state index >= 15 is 0 Å². The van der Waals surface area contributed by atoms with E-state index in [2.05, 4.69) is 0 Å². The average Bonchev–Trinajstić information content (AvgIpc) is 2.89. The van der Waals surface area contributed by atoms with Gasteiger partial charge in [0, 0.05) is 6.54 Å². The SMILES string of the molecule is CCn1c(=O)c(C(=O)COC(=O)c2ccc(OC)c(OC)c2OC)c(N)n(Cc2ccccc2)c1=O. The van der Waals surface area contributed by atoms with Gasteiger partial charge in [0.05, 0.1) is 27.9 Å². The van der Waals surface area contributed by atoms with Crippen molar-refractivity contribution < 1.29 is 28.5 Å². The number of hydrogen-bond acceptors (Lipinski definition) is 9. The molecule has 11 heteroatoms. The lowest BCUT2D eigenvalue weighted by molar-refractivity contribution is 0.0470. The summed E-state index contributed by atoms with van der Waals surface area (Å²) in [6, 6.07) is 11.8. The van der Waals surface area contributed by atoms with E-state index in [-0.39, 0.29) is 36.0 Å². The lowest BCUT2D eigenvalue weighted by Gasteiger charge is -2.16. The van der Waals surface area contributed by atoms with Crippen LogP contribution in [0.15, 0.2) is 52.1 Å². The van der Waals surface area contributed by atoms with E-state index in [0.717, 1.165) is 14.7 Å². The van der Waals surface area contributed by atoms with E-state index in [1.54, 1.807) is 31.2 Å². The number of ketones is 1. The number of anilines is 1. The molecule has 36 heavy (non-hydrogen) atoms. The van der Waals surface area contributed by atoms with Crippen LogP contribution in [0.5, 0.6) is 17.2 Å². The quantitative estimate of drug-likeness (QED) is 0.327. The fraction of sp³-hybridized carbons (Fsp3) is 0.280. The molecule has 0 aliphatic heterocycles. The van der Waals surface area contributed by atoms with Crippen LogP contribution >= 0.6 is 0 Å². The second-order valence-corrected chi connectivity index (χ2v) is 7.55. The third-order valence-electron chi connectivity index (χ3n) is 5.50. The van der Waals surface area contributed by atoms with Crippen molar-refractivity contribution in [3.8, 4) is 17.2 Å². The first-order valence-electron chi connectivity index (χ1n) is 10.9. The van der Waals surface area contributed by atoms with E-state index in [4.69, 9.17) is 24.7 Å². The molecule has 0 fully saturated rings. The van der Waals surface area contributed by atoms with Gasteiger partial charge in [-0.15, -0.1) is 0 Å². The smallest absolute Gasteiger partial charge is 0.342 e. The number of ether oxygens (including phenoxy) is 4. The van der Waals surface area contributed by atoms with Crippen molar-refractivity contribution in [1.82, 2.24) is 9.13 Å². The molecule has 2 N–H and O–H groups in total. The Morgan fingerprint density at radius 1 is 0.889 bits per heavy atom. The molecule has 2 aromatic carbocycles. The number of Topliss-reactive ketones (excluding diaryl/α,β-unsaturated/α-hetero) is 1. The number of carbonyl (C=O) groups is 2. The zero-order chi connectivity index (χ0) is 26.4. The van der Waals surface area contributed by atoms with E-state index in [1.165, 1.54) is 33.5 Å². The number of benzene rings is 2. The summed E-state index contributed by atoms with van der Waals surface area (Å²) in [6.07, 6.45) is 0. The highest BCUT2D eigenvalue weighted by molar-refractivity contribution is 6.02. The molecule has 1 heterocycles. The van der Waals surface area contributed by atoms with Crippen LogP contribution < -0.4 is 31.2 Å². The van der Waals surface area contributed by atoms with Crippen LogP contribution in [0.25, 0.3) is 0 Å². The second-order valence-electron chi connectivity index (χ2n) is 7.55. The summed E-state index contributed by atoms with van der Waals surface area (Å²) >= 11 is 0. The Labute approximate surface area is 206 Å². The van der Waals surface area contributed by atoms with Gasteiger partial charge in [-0.3, -0.25) is 18.7 Å². The third-order valence-corrected chi connectivity index (χ3v) is 5.50. The van der Waals surface area contributed by atoms with Gasteiger partial charge in [-0.2, -0.15) is 0 Å². The van der Waals surface area contributed by atoms with Crippen molar-refractivity contribution >= 4 is 17.6 Å². The summed E-state index contributed by atoms with van der Waals surface area (Å²) in [5, 5.41) is 0. The van der Waals surface area contributed by atoms with Gasteiger partial charge in [0.2, 0.25) is 11.5 Å². The molecule has 0 atom stereocenters. The van der Waals surface area contributed by atoms with Gasteiger partial charge in [-0.1, -0.05) is 30.3 Å². The number of nitrogen functional groups attached to an aromatic ring is 1. The maximum absolute atomic E-state index is 13.0. The van der Waals surface area contributed by atoms with Crippen molar-refractivity contribution in [1.29, 1.82) is 0 Å². The minimum Gasteiger partial charge on any atom is -0.493 e. The molecule has 3 rings (SSSR count). The predicted molar refractivity (Wildman–Crippen MR) is 131 cm³/mol. The monoisotopic (exact) mass is 497 g/mol.